The van der Waals surface area contributed by atoms with Crippen molar-refractivity contribution in [3.63, 3.8) is 0 Å². The molecule has 0 spiro atoms. The van der Waals surface area contributed by atoms with Crippen LogP contribution < -0.4 is 20.1 Å². The molecule has 1 atom stereocenters. The number of ether oxygens (including phenoxy) is 2. The molecule has 0 radical (unpaired) electrons. The lowest BCUT2D eigenvalue weighted by Gasteiger charge is -2.18. The van der Waals surface area contributed by atoms with Gasteiger partial charge in [-0.05, 0) is 32.0 Å². The van der Waals surface area contributed by atoms with Crippen LogP contribution in [0.4, 0.5) is 5.95 Å². The highest BCUT2D eigenvalue weighted by molar-refractivity contribution is 7.95. The molecule has 0 aliphatic carbocycles. The van der Waals surface area contributed by atoms with Crippen molar-refractivity contribution in [1.82, 2.24) is 29.2 Å². The number of hydrogen-bond acceptors (Lipinski definition) is 10. The number of anilines is 1. The molecule has 5 rings (SSSR count). The van der Waals surface area contributed by atoms with E-state index in [0.717, 1.165) is 48.0 Å². The molecule has 3 aliphatic rings. The zero-order chi connectivity index (χ0) is 22.1. The van der Waals surface area contributed by atoms with Crippen LogP contribution in [0.15, 0.2) is 49.0 Å². The number of nitrogens with zero attached hydrogens (tertiary/aromatic N) is 4. The second-order valence-corrected chi connectivity index (χ2v) is 9.32. The Labute approximate surface area is 192 Å². The lowest BCUT2D eigenvalue weighted by atomic mass is 10.1. The molecule has 0 amide bonds. The van der Waals surface area contributed by atoms with Crippen molar-refractivity contribution in [1.29, 1.82) is 0 Å². The second-order valence-electron chi connectivity index (χ2n) is 8.41. The van der Waals surface area contributed by atoms with Crippen molar-refractivity contribution in [2.75, 3.05) is 32.1 Å². The lowest BCUT2D eigenvalue weighted by Crippen LogP contribution is -2.34. The van der Waals surface area contributed by atoms with E-state index < -0.39 is 0 Å². The van der Waals surface area contributed by atoms with E-state index >= 15 is 0 Å². The third-order valence-corrected chi connectivity index (χ3v) is 6.58. The van der Waals surface area contributed by atoms with Crippen molar-refractivity contribution in [3.8, 4) is 5.75 Å². The number of benzene rings is 1. The summed E-state index contributed by atoms with van der Waals surface area (Å²) >= 11 is 1.67. The minimum atomic E-state index is -0.291. The number of fused-ring (bicyclic) bond motifs is 1. The van der Waals surface area contributed by atoms with E-state index in [1.165, 1.54) is 0 Å². The maximum absolute atomic E-state index is 5.69. The van der Waals surface area contributed by atoms with Gasteiger partial charge in [0.2, 0.25) is 5.95 Å². The van der Waals surface area contributed by atoms with Gasteiger partial charge in [-0.1, -0.05) is 12.1 Å². The van der Waals surface area contributed by atoms with Gasteiger partial charge in [-0.15, -0.1) is 0 Å². The Morgan fingerprint density at radius 3 is 3.06 bits per heavy atom. The van der Waals surface area contributed by atoms with Crippen LogP contribution >= 0.6 is 12.1 Å². The van der Waals surface area contributed by atoms with Gasteiger partial charge in [0.15, 0.2) is 0 Å². The Hall–Kier alpha value is -2.95. The third-order valence-electron chi connectivity index (χ3n) is 5.37. The Bertz CT molecular complexity index is 1060. The van der Waals surface area contributed by atoms with E-state index in [1.54, 1.807) is 31.7 Å². The molecular weight excluding hydrogens is 426 g/mol. The largest absolute Gasteiger partial charge is 0.497 e. The fraction of sp³-hybridized carbons (Fsp3) is 0.364. The molecule has 1 aromatic heterocycles. The maximum Gasteiger partial charge on any atom is 0.254 e. The van der Waals surface area contributed by atoms with Crippen LogP contribution in [0.1, 0.15) is 25.1 Å². The zero-order valence-corrected chi connectivity index (χ0v) is 19.1. The number of methoxy groups -OCH3 is 1. The predicted octanol–water partition coefficient (Wildman–Crippen LogP) is 2.66. The molecule has 1 saturated heterocycles. The summed E-state index contributed by atoms with van der Waals surface area (Å²) in [5.41, 5.74) is 3.80. The van der Waals surface area contributed by atoms with E-state index in [9.17, 15) is 0 Å². The fourth-order valence-corrected chi connectivity index (χ4v) is 4.89. The monoisotopic (exact) mass is 453 g/mol. The normalized spacial score (nSPS) is 21.5. The highest BCUT2D eigenvalue weighted by Gasteiger charge is 2.36. The molecule has 1 unspecified atom stereocenters. The fourth-order valence-electron chi connectivity index (χ4n) is 3.88. The summed E-state index contributed by atoms with van der Waals surface area (Å²) in [6.07, 6.45) is 5.09. The van der Waals surface area contributed by atoms with Crippen LogP contribution in [0.25, 0.3) is 11.4 Å². The summed E-state index contributed by atoms with van der Waals surface area (Å²) in [7, 11) is 1.67. The van der Waals surface area contributed by atoms with E-state index in [1.807, 2.05) is 41.4 Å². The first-order chi connectivity index (χ1) is 15.5. The quantitative estimate of drug-likeness (QED) is 0.544. The van der Waals surface area contributed by atoms with E-state index in [0.29, 0.717) is 5.95 Å². The molecule has 2 aromatic rings. The average molecular weight is 454 g/mol. The molecule has 4 heterocycles. The molecule has 168 valence electrons. The summed E-state index contributed by atoms with van der Waals surface area (Å²) in [6, 6.07) is 9.86. The van der Waals surface area contributed by atoms with E-state index in [-0.39, 0.29) is 11.9 Å². The Morgan fingerprint density at radius 2 is 2.25 bits per heavy atom. The van der Waals surface area contributed by atoms with Gasteiger partial charge in [0.25, 0.3) is 6.35 Å². The summed E-state index contributed by atoms with van der Waals surface area (Å²) in [5, 5.41) is 6.80. The molecule has 3 N–H and O–H groups in total. The zero-order valence-electron chi connectivity index (χ0n) is 18.3. The molecule has 10 heteroatoms. The first-order valence-electron chi connectivity index (χ1n) is 10.5. The number of hydrogen-bond donors (Lipinski definition) is 3. The summed E-state index contributed by atoms with van der Waals surface area (Å²) in [4.78, 5) is 11.3. The second kappa shape index (κ2) is 8.53. The predicted molar refractivity (Wildman–Crippen MR) is 126 cm³/mol. The summed E-state index contributed by atoms with van der Waals surface area (Å²) < 4.78 is 16.8. The summed E-state index contributed by atoms with van der Waals surface area (Å²) in [5.74, 6) is 1.39. The van der Waals surface area contributed by atoms with Gasteiger partial charge in [-0.25, -0.2) is 19.0 Å². The Kier molecular flexibility index (Phi) is 5.58. The molecule has 1 aromatic carbocycles. The van der Waals surface area contributed by atoms with E-state index in [4.69, 9.17) is 14.5 Å². The highest BCUT2D eigenvalue weighted by atomic mass is 32.2. The van der Waals surface area contributed by atoms with Crippen LogP contribution in [0.2, 0.25) is 0 Å². The van der Waals surface area contributed by atoms with Gasteiger partial charge in [0, 0.05) is 55.3 Å². The van der Waals surface area contributed by atoms with Crippen LogP contribution in [-0.2, 0) is 4.74 Å². The van der Waals surface area contributed by atoms with Gasteiger partial charge in [-0.3, -0.25) is 4.90 Å². The van der Waals surface area contributed by atoms with Crippen LogP contribution in [0.5, 0.6) is 5.75 Å². The van der Waals surface area contributed by atoms with Crippen molar-refractivity contribution in [2.24, 2.45) is 0 Å². The van der Waals surface area contributed by atoms with Crippen molar-refractivity contribution >= 4 is 29.5 Å². The lowest BCUT2D eigenvalue weighted by molar-refractivity contribution is 0.0848. The van der Waals surface area contributed by atoms with Crippen LogP contribution in [-0.4, -0.2) is 57.8 Å². The Morgan fingerprint density at radius 1 is 1.34 bits per heavy atom. The van der Waals surface area contributed by atoms with Crippen molar-refractivity contribution < 1.29 is 9.47 Å². The van der Waals surface area contributed by atoms with Crippen LogP contribution in [0, 0.1) is 0 Å². The SMILES string of the molecule is COc1cccc(C2=C(c3ccnc(NCCN4CC(C)(C)NS4)n3)N3C=COC3N2)c1. The highest BCUT2D eigenvalue weighted by Crippen LogP contribution is 2.37. The molecule has 0 saturated carbocycles. The summed E-state index contributed by atoms with van der Waals surface area (Å²) in [6.45, 7) is 7.04. The topological polar surface area (TPSA) is 86.8 Å². The van der Waals surface area contributed by atoms with Gasteiger partial charge in [-0.2, -0.15) is 0 Å². The van der Waals surface area contributed by atoms with Crippen molar-refractivity contribution in [3.05, 3.63) is 60.2 Å². The first-order valence-corrected chi connectivity index (χ1v) is 11.3. The molecular formula is C22H27N7O2S. The van der Waals surface area contributed by atoms with Gasteiger partial charge >= 0.3 is 0 Å². The smallest absolute Gasteiger partial charge is 0.254 e. The first kappa shape index (κ1) is 20.9. The molecule has 3 aliphatic heterocycles. The van der Waals surface area contributed by atoms with Crippen LogP contribution in [0.3, 0.4) is 0 Å². The average Bonchev–Trinajstić information content (AvgIpc) is 3.48. The van der Waals surface area contributed by atoms with Gasteiger partial charge in [0.1, 0.15) is 12.0 Å². The molecule has 0 bridgehead atoms. The van der Waals surface area contributed by atoms with Gasteiger partial charge in [0.05, 0.1) is 24.2 Å². The Balaban J connectivity index is 1.37. The standard InChI is InChI=1S/C22H27N7O2S/c1-22(2)14-28(32-27-22)10-9-24-20-23-8-7-17(25-20)19-18(26-21-29(19)11-12-31-21)15-5-4-6-16(13-15)30-3/h4-8,11-13,21,26-27H,9-10,14H2,1-3H3,(H,23,24,25). The number of rotatable bonds is 7. The maximum atomic E-state index is 5.69. The minimum Gasteiger partial charge on any atom is -0.497 e. The third kappa shape index (κ3) is 4.21. The van der Waals surface area contributed by atoms with E-state index in [2.05, 4.69) is 38.5 Å². The van der Waals surface area contributed by atoms with Crippen molar-refractivity contribution in [2.45, 2.75) is 25.7 Å². The minimum absolute atomic E-state index is 0.126. The van der Waals surface area contributed by atoms with Gasteiger partial charge < -0.3 is 20.1 Å². The molecule has 1 fully saturated rings. The molecule has 32 heavy (non-hydrogen) atoms. The number of nitrogens with one attached hydrogen (secondary N) is 3. The number of aromatic nitrogens is 2. The molecule has 9 nitrogen and oxygen atoms in total.